The zero-order chi connectivity index (χ0) is 13.7. The van der Waals surface area contributed by atoms with E-state index in [9.17, 15) is 4.79 Å². The summed E-state index contributed by atoms with van der Waals surface area (Å²) in [4.78, 5) is 15.9. The summed E-state index contributed by atoms with van der Waals surface area (Å²) in [7, 11) is 0. The summed E-state index contributed by atoms with van der Waals surface area (Å²) in [5, 5.41) is 2.71. The first kappa shape index (κ1) is 12.9. The predicted molar refractivity (Wildman–Crippen MR) is 74.2 cm³/mol. The van der Waals surface area contributed by atoms with E-state index in [1.54, 1.807) is 42.6 Å². The van der Waals surface area contributed by atoms with Crippen molar-refractivity contribution in [2.45, 2.75) is 6.92 Å². The average molecular weight is 257 g/mol. The SMILES string of the molecule is CCOc1ccc(NC(=O)c2ccccn2)c(N)c1. The van der Waals surface area contributed by atoms with Crippen molar-refractivity contribution < 1.29 is 9.53 Å². The van der Waals surface area contributed by atoms with Gasteiger partial charge in [-0.1, -0.05) is 6.07 Å². The summed E-state index contributed by atoms with van der Waals surface area (Å²) in [6, 6.07) is 10.3. The first-order valence-corrected chi connectivity index (χ1v) is 5.95. The minimum Gasteiger partial charge on any atom is -0.494 e. The van der Waals surface area contributed by atoms with Crippen molar-refractivity contribution in [3.63, 3.8) is 0 Å². The van der Waals surface area contributed by atoms with Gasteiger partial charge in [-0.15, -0.1) is 0 Å². The molecule has 0 bridgehead atoms. The molecule has 98 valence electrons. The molecule has 0 fully saturated rings. The number of hydrogen-bond acceptors (Lipinski definition) is 4. The van der Waals surface area contributed by atoms with Crippen LogP contribution in [-0.4, -0.2) is 17.5 Å². The van der Waals surface area contributed by atoms with Crippen molar-refractivity contribution in [2.75, 3.05) is 17.7 Å². The molecule has 0 aliphatic rings. The van der Waals surface area contributed by atoms with Gasteiger partial charge in [-0.25, -0.2) is 0 Å². The van der Waals surface area contributed by atoms with E-state index in [1.165, 1.54) is 0 Å². The van der Waals surface area contributed by atoms with Gasteiger partial charge < -0.3 is 15.8 Å². The highest BCUT2D eigenvalue weighted by Gasteiger charge is 2.09. The van der Waals surface area contributed by atoms with Crippen LogP contribution in [0.1, 0.15) is 17.4 Å². The number of ether oxygens (including phenoxy) is 1. The van der Waals surface area contributed by atoms with Crippen LogP contribution in [-0.2, 0) is 0 Å². The molecular formula is C14H15N3O2. The second-order valence-corrected chi connectivity index (χ2v) is 3.85. The van der Waals surface area contributed by atoms with Gasteiger partial charge in [0.25, 0.3) is 5.91 Å². The first-order chi connectivity index (χ1) is 9.20. The normalized spacial score (nSPS) is 9.95. The van der Waals surface area contributed by atoms with Gasteiger partial charge in [0.05, 0.1) is 18.0 Å². The molecule has 5 heteroatoms. The van der Waals surface area contributed by atoms with Crippen molar-refractivity contribution in [3.8, 4) is 5.75 Å². The second-order valence-electron chi connectivity index (χ2n) is 3.85. The summed E-state index contributed by atoms with van der Waals surface area (Å²) in [5.74, 6) is 0.382. The van der Waals surface area contributed by atoms with Crippen LogP contribution in [0.15, 0.2) is 42.6 Å². The number of carbonyl (C=O) groups excluding carboxylic acids is 1. The van der Waals surface area contributed by atoms with Crippen LogP contribution in [0.4, 0.5) is 11.4 Å². The molecule has 0 saturated carbocycles. The van der Waals surface area contributed by atoms with Crippen LogP contribution in [0.2, 0.25) is 0 Å². The van der Waals surface area contributed by atoms with Crippen molar-refractivity contribution in [1.29, 1.82) is 0 Å². The molecule has 2 aromatic rings. The van der Waals surface area contributed by atoms with Gasteiger partial charge in [-0.3, -0.25) is 9.78 Å². The molecular weight excluding hydrogens is 242 g/mol. The Bertz CT molecular complexity index is 570. The molecule has 0 atom stereocenters. The van der Waals surface area contributed by atoms with Gasteiger partial charge >= 0.3 is 0 Å². The largest absolute Gasteiger partial charge is 0.494 e. The highest BCUT2D eigenvalue weighted by Crippen LogP contribution is 2.24. The van der Waals surface area contributed by atoms with Crippen LogP contribution >= 0.6 is 0 Å². The van der Waals surface area contributed by atoms with Gasteiger partial charge in [0, 0.05) is 12.3 Å². The van der Waals surface area contributed by atoms with E-state index in [4.69, 9.17) is 10.5 Å². The Morgan fingerprint density at radius 2 is 2.21 bits per heavy atom. The quantitative estimate of drug-likeness (QED) is 0.824. The number of benzene rings is 1. The third kappa shape index (κ3) is 3.22. The molecule has 19 heavy (non-hydrogen) atoms. The number of nitrogens with one attached hydrogen (secondary N) is 1. The number of nitrogens with two attached hydrogens (primary N) is 1. The molecule has 3 N–H and O–H groups in total. The lowest BCUT2D eigenvalue weighted by Gasteiger charge is -2.10. The number of nitrogens with zero attached hydrogens (tertiary/aromatic N) is 1. The molecule has 1 aromatic heterocycles. The standard InChI is InChI=1S/C14H15N3O2/c1-2-19-10-6-7-12(11(15)9-10)17-14(18)13-5-3-4-8-16-13/h3-9H,2,15H2,1H3,(H,17,18). The Morgan fingerprint density at radius 1 is 1.37 bits per heavy atom. The number of carbonyl (C=O) groups is 1. The van der Waals surface area contributed by atoms with Gasteiger partial charge in [0.15, 0.2) is 0 Å². The van der Waals surface area contributed by atoms with E-state index in [0.29, 0.717) is 29.4 Å². The van der Waals surface area contributed by atoms with E-state index in [1.807, 2.05) is 6.92 Å². The summed E-state index contributed by atoms with van der Waals surface area (Å²) in [6.45, 7) is 2.46. The summed E-state index contributed by atoms with van der Waals surface area (Å²) in [5.41, 5.74) is 7.20. The fourth-order valence-electron chi connectivity index (χ4n) is 1.59. The Kier molecular flexibility index (Phi) is 3.97. The van der Waals surface area contributed by atoms with E-state index >= 15 is 0 Å². The molecule has 0 aliphatic heterocycles. The predicted octanol–water partition coefficient (Wildman–Crippen LogP) is 2.31. The zero-order valence-corrected chi connectivity index (χ0v) is 10.6. The molecule has 0 radical (unpaired) electrons. The summed E-state index contributed by atoms with van der Waals surface area (Å²) in [6.07, 6.45) is 1.57. The third-order valence-corrected chi connectivity index (χ3v) is 2.48. The highest BCUT2D eigenvalue weighted by atomic mass is 16.5. The number of anilines is 2. The Balaban J connectivity index is 2.13. The number of rotatable bonds is 4. The van der Waals surface area contributed by atoms with E-state index in [2.05, 4.69) is 10.3 Å². The van der Waals surface area contributed by atoms with Crippen molar-refractivity contribution in [2.24, 2.45) is 0 Å². The number of aromatic nitrogens is 1. The summed E-state index contributed by atoms with van der Waals surface area (Å²) < 4.78 is 5.33. The smallest absolute Gasteiger partial charge is 0.274 e. The van der Waals surface area contributed by atoms with Crippen molar-refractivity contribution in [3.05, 3.63) is 48.3 Å². The van der Waals surface area contributed by atoms with Gasteiger partial charge in [0.2, 0.25) is 0 Å². The number of pyridine rings is 1. The monoisotopic (exact) mass is 257 g/mol. The molecule has 1 heterocycles. The van der Waals surface area contributed by atoms with E-state index in [-0.39, 0.29) is 5.91 Å². The van der Waals surface area contributed by atoms with Crippen LogP contribution in [0.5, 0.6) is 5.75 Å². The maximum atomic E-state index is 11.9. The van der Waals surface area contributed by atoms with Crippen molar-refractivity contribution in [1.82, 2.24) is 4.98 Å². The lowest BCUT2D eigenvalue weighted by atomic mass is 10.2. The van der Waals surface area contributed by atoms with Crippen LogP contribution in [0.25, 0.3) is 0 Å². The topological polar surface area (TPSA) is 77.2 Å². The molecule has 0 spiro atoms. The minimum atomic E-state index is -0.295. The minimum absolute atomic E-state index is 0.295. The molecule has 0 unspecified atom stereocenters. The number of amides is 1. The van der Waals surface area contributed by atoms with Gasteiger partial charge in [-0.05, 0) is 31.2 Å². The molecule has 1 amide bonds. The molecule has 0 saturated heterocycles. The Hall–Kier alpha value is -2.56. The maximum Gasteiger partial charge on any atom is 0.274 e. The van der Waals surface area contributed by atoms with E-state index in [0.717, 1.165) is 0 Å². The highest BCUT2D eigenvalue weighted by molar-refractivity contribution is 6.04. The zero-order valence-electron chi connectivity index (χ0n) is 10.6. The molecule has 1 aromatic carbocycles. The molecule has 0 aliphatic carbocycles. The van der Waals surface area contributed by atoms with Crippen LogP contribution < -0.4 is 15.8 Å². The second kappa shape index (κ2) is 5.86. The average Bonchev–Trinajstić information content (AvgIpc) is 2.43. The van der Waals surface area contributed by atoms with Crippen LogP contribution in [0.3, 0.4) is 0 Å². The van der Waals surface area contributed by atoms with Crippen LogP contribution in [0, 0.1) is 0 Å². The Morgan fingerprint density at radius 3 is 2.84 bits per heavy atom. The van der Waals surface area contributed by atoms with Crippen molar-refractivity contribution >= 4 is 17.3 Å². The van der Waals surface area contributed by atoms with Gasteiger partial charge in [-0.2, -0.15) is 0 Å². The Labute approximate surface area is 111 Å². The molecule has 2 rings (SSSR count). The maximum absolute atomic E-state index is 11.9. The van der Waals surface area contributed by atoms with E-state index < -0.39 is 0 Å². The molecule has 5 nitrogen and oxygen atoms in total. The van der Waals surface area contributed by atoms with Gasteiger partial charge in [0.1, 0.15) is 11.4 Å². The third-order valence-electron chi connectivity index (χ3n) is 2.48. The fraction of sp³-hybridized carbons (Fsp3) is 0.143. The lowest BCUT2D eigenvalue weighted by Crippen LogP contribution is -2.14. The fourth-order valence-corrected chi connectivity index (χ4v) is 1.59. The first-order valence-electron chi connectivity index (χ1n) is 5.95. The summed E-state index contributed by atoms with van der Waals surface area (Å²) >= 11 is 0. The lowest BCUT2D eigenvalue weighted by molar-refractivity contribution is 0.102. The number of hydrogen-bond donors (Lipinski definition) is 2. The number of nitrogen functional groups attached to an aromatic ring is 1.